The smallest absolute Gasteiger partial charge is 0.343 e. The van der Waals surface area contributed by atoms with Gasteiger partial charge in [-0.25, -0.2) is 10.2 Å². The Kier molecular flexibility index (Phi) is 7.41. The van der Waals surface area contributed by atoms with Crippen LogP contribution in [0.2, 0.25) is 10.0 Å². The number of hydrazone groups is 1. The number of nitrogens with zero attached hydrogens (tertiary/aromatic N) is 1. The third kappa shape index (κ3) is 5.34. The van der Waals surface area contributed by atoms with Crippen molar-refractivity contribution < 1.29 is 23.5 Å². The average Bonchev–Trinajstić information content (AvgIpc) is 3.11. The van der Waals surface area contributed by atoms with E-state index in [4.69, 9.17) is 32.4 Å². The Bertz CT molecular complexity index is 1140. The summed E-state index contributed by atoms with van der Waals surface area (Å²) in [4.78, 5) is 23.5. The molecule has 0 spiro atoms. The molecule has 0 unspecified atom stereocenters. The lowest BCUT2D eigenvalue weighted by molar-refractivity contribution is -0.142. The second-order valence-corrected chi connectivity index (χ2v) is 8.38. The van der Waals surface area contributed by atoms with E-state index in [-0.39, 0.29) is 28.2 Å². The van der Waals surface area contributed by atoms with Gasteiger partial charge in [-0.1, -0.05) is 39.1 Å². The summed E-state index contributed by atoms with van der Waals surface area (Å²) in [5, 5.41) is 4.99. The second kappa shape index (κ2) is 9.82. The van der Waals surface area contributed by atoms with E-state index in [2.05, 4.69) is 47.1 Å². The first kappa shape index (κ1) is 22.6. The highest BCUT2D eigenvalue weighted by Crippen LogP contribution is 2.34. The summed E-state index contributed by atoms with van der Waals surface area (Å²) in [6.45, 7) is -0.330. The predicted octanol–water partition coefficient (Wildman–Crippen LogP) is 5.58. The van der Waals surface area contributed by atoms with Crippen molar-refractivity contribution in [3.8, 4) is 5.75 Å². The van der Waals surface area contributed by atoms with Crippen molar-refractivity contribution in [2.45, 2.75) is 0 Å². The van der Waals surface area contributed by atoms with E-state index in [1.165, 1.54) is 25.5 Å². The highest BCUT2D eigenvalue weighted by atomic mass is 79.9. The Balaban J connectivity index is 1.69. The van der Waals surface area contributed by atoms with E-state index in [0.29, 0.717) is 15.6 Å². The van der Waals surface area contributed by atoms with Crippen LogP contribution < -0.4 is 10.2 Å². The van der Waals surface area contributed by atoms with Gasteiger partial charge in [-0.3, -0.25) is 4.79 Å². The lowest BCUT2D eigenvalue weighted by Crippen LogP contribution is -2.16. The van der Waals surface area contributed by atoms with Crippen LogP contribution in [-0.2, 0) is 9.53 Å². The molecule has 7 nitrogen and oxygen atoms in total. The molecule has 1 aromatic heterocycles. The van der Waals surface area contributed by atoms with Gasteiger partial charge < -0.3 is 13.9 Å². The third-order valence-corrected chi connectivity index (χ3v) is 5.33. The highest BCUT2D eigenvalue weighted by molar-refractivity contribution is 9.11. The molecule has 0 aliphatic heterocycles. The maximum atomic E-state index is 12.3. The van der Waals surface area contributed by atoms with Crippen molar-refractivity contribution in [1.29, 1.82) is 0 Å². The van der Waals surface area contributed by atoms with Gasteiger partial charge in [0.05, 0.1) is 27.8 Å². The number of methoxy groups -OCH3 is 1. The molecule has 1 heterocycles. The Morgan fingerprint density at radius 2 is 1.87 bits per heavy atom. The molecule has 3 aromatic rings. The SMILES string of the molecule is COC(=O)COc1c(Cl)cc(/C=N\NC(=O)c2cc3cc(Br)cc(Br)c3o2)cc1Cl. The Hall–Kier alpha value is -2.07. The Morgan fingerprint density at radius 3 is 2.53 bits per heavy atom. The molecule has 30 heavy (non-hydrogen) atoms. The van der Waals surface area contributed by atoms with Crippen LogP contribution in [0.1, 0.15) is 16.1 Å². The number of hydrogen-bond acceptors (Lipinski definition) is 6. The standard InChI is InChI=1S/C19H12Br2Cl2N2O5/c1-28-16(26)8-29-18-13(22)2-9(3-14(18)23)7-24-25-19(27)15-5-10-4-11(20)6-12(21)17(10)30-15/h2-7H,8H2,1H3,(H,25,27)/b24-7-. The van der Waals surface area contributed by atoms with Crippen molar-refractivity contribution in [2.75, 3.05) is 13.7 Å². The van der Waals surface area contributed by atoms with Gasteiger partial charge in [0.2, 0.25) is 0 Å². The molecule has 1 N–H and O–H groups in total. The van der Waals surface area contributed by atoms with Gasteiger partial charge in [0, 0.05) is 9.86 Å². The number of furan rings is 1. The maximum absolute atomic E-state index is 12.3. The highest BCUT2D eigenvalue weighted by Gasteiger charge is 2.15. The first-order chi connectivity index (χ1) is 14.3. The van der Waals surface area contributed by atoms with Gasteiger partial charge in [-0.15, -0.1) is 0 Å². The summed E-state index contributed by atoms with van der Waals surface area (Å²) in [6.07, 6.45) is 1.36. The van der Waals surface area contributed by atoms with E-state index in [1.807, 2.05) is 12.1 Å². The first-order valence-corrected chi connectivity index (χ1v) is 10.5. The molecule has 156 valence electrons. The monoisotopic (exact) mass is 576 g/mol. The van der Waals surface area contributed by atoms with Gasteiger partial charge in [-0.05, 0) is 51.8 Å². The Labute approximate surface area is 197 Å². The largest absolute Gasteiger partial charge is 0.479 e. The molecule has 0 saturated heterocycles. The number of halogens is 4. The number of ether oxygens (including phenoxy) is 2. The van der Waals surface area contributed by atoms with E-state index in [9.17, 15) is 9.59 Å². The number of fused-ring (bicyclic) bond motifs is 1. The summed E-state index contributed by atoms with van der Waals surface area (Å²) < 4.78 is 16.9. The zero-order chi connectivity index (χ0) is 21.8. The van der Waals surface area contributed by atoms with Crippen LogP contribution in [0.4, 0.5) is 0 Å². The molecular formula is C19H12Br2Cl2N2O5. The summed E-state index contributed by atoms with van der Waals surface area (Å²) in [5.74, 6) is -0.853. The minimum atomic E-state index is -0.569. The summed E-state index contributed by atoms with van der Waals surface area (Å²) >= 11 is 19.1. The molecule has 0 fully saturated rings. The topological polar surface area (TPSA) is 90.1 Å². The normalized spacial score (nSPS) is 11.1. The fourth-order valence-corrected chi connectivity index (χ4v) is 4.34. The van der Waals surface area contributed by atoms with Crippen LogP contribution in [0.15, 0.2) is 48.8 Å². The molecule has 0 radical (unpaired) electrons. The predicted molar refractivity (Wildman–Crippen MR) is 121 cm³/mol. The number of amides is 1. The van der Waals surface area contributed by atoms with E-state index in [0.717, 1.165) is 9.86 Å². The molecule has 0 aliphatic rings. The number of esters is 1. The summed E-state index contributed by atoms with van der Waals surface area (Å²) in [6, 6.07) is 8.29. The first-order valence-electron chi connectivity index (χ1n) is 8.19. The number of hydrogen-bond donors (Lipinski definition) is 1. The van der Waals surface area contributed by atoms with E-state index < -0.39 is 11.9 Å². The van der Waals surface area contributed by atoms with Crippen LogP contribution in [0.3, 0.4) is 0 Å². The lowest BCUT2D eigenvalue weighted by Gasteiger charge is -2.09. The average molecular weight is 579 g/mol. The maximum Gasteiger partial charge on any atom is 0.343 e. The molecule has 3 rings (SSSR count). The fraction of sp³-hybridized carbons (Fsp3) is 0.105. The summed E-state index contributed by atoms with van der Waals surface area (Å²) in [7, 11) is 1.24. The van der Waals surface area contributed by atoms with Crippen molar-refractivity contribution >= 4 is 84.1 Å². The van der Waals surface area contributed by atoms with Gasteiger partial charge in [0.15, 0.2) is 18.1 Å². The molecule has 0 atom stereocenters. The van der Waals surface area contributed by atoms with Crippen LogP contribution in [0, 0.1) is 0 Å². The molecule has 2 aromatic carbocycles. The number of carbonyl (C=O) groups is 2. The van der Waals surface area contributed by atoms with Gasteiger partial charge in [-0.2, -0.15) is 5.10 Å². The van der Waals surface area contributed by atoms with Crippen molar-refractivity contribution in [3.63, 3.8) is 0 Å². The zero-order valence-corrected chi connectivity index (χ0v) is 19.9. The minimum Gasteiger partial charge on any atom is -0.479 e. The van der Waals surface area contributed by atoms with Gasteiger partial charge >= 0.3 is 11.9 Å². The van der Waals surface area contributed by atoms with Gasteiger partial charge in [0.25, 0.3) is 0 Å². The minimum absolute atomic E-state index is 0.101. The van der Waals surface area contributed by atoms with Gasteiger partial charge in [0.1, 0.15) is 5.58 Å². The molecule has 0 bridgehead atoms. The van der Waals surface area contributed by atoms with Crippen LogP contribution in [0.5, 0.6) is 5.75 Å². The quantitative estimate of drug-likeness (QED) is 0.234. The van der Waals surface area contributed by atoms with Crippen LogP contribution in [0.25, 0.3) is 11.0 Å². The van der Waals surface area contributed by atoms with Crippen molar-refractivity contribution in [3.05, 3.63) is 60.6 Å². The van der Waals surface area contributed by atoms with Crippen molar-refractivity contribution in [2.24, 2.45) is 5.10 Å². The van der Waals surface area contributed by atoms with Crippen LogP contribution in [-0.4, -0.2) is 31.8 Å². The lowest BCUT2D eigenvalue weighted by atomic mass is 10.2. The molecule has 0 aliphatic carbocycles. The molecule has 11 heteroatoms. The zero-order valence-electron chi connectivity index (χ0n) is 15.2. The number of benzene rings is 2. The van der Waals surface area contributed by atoms with Crippen LogP contribution >= 0.6 is 55.1 Å². The molecular weight excluding hydrogens is 567 g/mol. The van der Waals surface area contributed by atoms with Crippen molar-refractivity contribution in [1.82, 2.24) is 5.43 Å². The fourth-order valence-electron chi connectivity index (χ4n) is 2.39. The number of carbonyl (C=O) groups excluding carboxylic acids is 2. The Morgan fingerprint density at radius 1 is 1.17 bits per heavy atom. The molecule has 0 saturated carbocycles. The number of rotatable bonds is 6. The number of nitrogens with one attached hydrogen (secondary N) is 1. The molecule has 1 amide bonds. The summed E-state index contributed by atoms with van der Waals surface area (Å²) in [5.41, 5.74) is 3.43. The third-order valence-electron chi connectivity index (χ3n) is 3.72. The van der Waals surface area contributed by atoms with E-state index >= 15 is 0 Å². The van der Waals surface area contributed by atoms with E-state index in [1.54, 1.807) is 6.07 Å². The second-order valence-electron chi connectivity index (χ2n) is 5.79.